The van der Waals surface area contributed by atoms with Crippen LogP contribution in [0, 0.1) is 15.9 Å². The Balaban J connectivity index is 1.42. The molecule has 0 fully saturated rings. The highest BCUT2D eigenvalue weighted by molar-refractivity contribution is 9.10. The summed E-state index contributed by atoms with van der Waals surface area (Å²) < 4.78 is 27.9. The Hall–Kier alpha value is -4.68. The van der Waals surface area contributed by atoms with E-state index in [4.69, 9.17) is 9.15 Å². The van der Waals surface area contributed by atoms with Gasteiger partial charge in [-0.2, -0.15) is 9.78 Å². The molecule has 0 aliphatic rings. The molecule has 0 aliphatic carbocycles. The molecule has 0 amide bonds. The largest absolute Gasteiger partial charge is 0.481 e. The van der Waals surface area contributed by atoms with Crippen molar-refractivity contribution in [3.63, 3.8) is 0 Å². The van der Waals surface area contributed by atoms with Gasteiger partial charge in [-0.05, 0) is 64.5 Å². The Kier molecular flexibility index (Phi) is 7.40. The number of rotatable bonds is 7. The number of halogens is 3. The van der Waals surface area contributed by atoms with E-state index in [1.807, 2.05) is 12.1 Å². The predicted octanol–water partition coefficient (Wildman–Crippen LogP) is 7.84. The van der Waals surface area contributed by atoms with Gasteiger partial charge in [0.1, 0.15) is 18.0 Å². The standard InChI is InChI=1S/C30H17Br2FN4O5/c31-20-9-10-26-19(13-20)14-27(42-26)29-35-24-8-4-2-6-21(24)30(38)36(29)34-15-17-11-22(32)28(25(12-17)37(39)40)41-16-18-5-1-3-7-23(18)33/h1-15H,16H2. The van der Waals surface area contributed by atoms with Crippen molar-refractivity contribution in [2.75, 3.05) is 0 Å². The summed E-state index contributed by atoms with van der Waals surface area (Å²) in [5, 5.41) is 17.4. The second kappa shape index (κ2) is 11.3. The van der Waals surface area contributed by atoms with Crippen molar-refractivity contribution in [3.8, 4) is 17.3 Å². The summed E-state index contributed by atoms with van der Waals surface area (Å²) in [6, 6.07) is 22.9. The predicted molar refractivity (Wildman–Crippen MR) is 163 cm³/mol. The van der Waals surface area contributed by atoms with Crippen molar-refractivity contribution in [1.29, 1.82) is 0 Å². The van der Waals surface area contributed by atoms with Crippen molar-refractivity contribution < 1.29 is 18.5 Å². The molecule has 0 spiro atoms. The zero-order chi connectivity index (χ0) is 29.4. The van der Waals surface area contributed by atoms with Crippen LogP contribution >= 0.6 is 31.9 Å². The van der Waals surface area contributed by atoms with Crippen LogP contribution in [0.2, 0.25) is 0 Å². The highest BCUT2D eigenvalue weighted by Gasteiger charge is 2.21. The van der Waals surface area contributed by atoms with Gasteiger partial charge in [0.05, 0.1) is 26.5 Å². The Morgan fingerprint density at radius 1 is 1.05 bits per heavy atom. The number of hydrogen-bond acceptors (Lipinski definition) is 7. The van der Waals surface area contributed by atoms with Crippen LogP contribution in [0.4, 0.5) is 10.1 Å². The quantitative estimate of drug-likeness (QED) is 0.0958. The molecule has 0 N–H and O–H groups in total. The van der Waals surface area contributed by atoms with E-state index in [1.54, 1.807) is 54.6 Å². The lowest BCUT2D eigenvalue weighted by Crippen LogP contribution is -2.20. The van der Waals surface area contributed by atoms with Gasteiger partial charge in [0.15, 0.2) is 5.76 Å². The van der Waals surface area contributed by atoms with E-state index < -0.39 is 16.3 Å². The minimum absolute atomic E-state index is 0.0703. The number of ether oxygens (including phenoxy) is 1. The Morgan fingerprint density at radius 2 is 1.83 bits per heavy atom. The van der Waals surface area contributed by atoms with Crippen LogP contribution in [0.15, 0.2) is 108 Å². The van der Waals surface area contributed by atoms with E-state index in [0.717, 1.165) is 14.5 Å². The highest BCUT2D eigenvalue weighted by Crippen LogP contribution is 2.37. The number of hydrogen-bond donors (Lipinski definition) is 0. The second-order valence-electron chi connectivity index (χ2n) is 9.10. The van der Waals surface area contributed by atoms with E-state index in [1.165, 1.54) is 24.4 Å². The number of aromatic nitrogens is 2. The van der Waals surface area contributed by atoms with Crippen LogP contribution in [0.5, 0.6) is 5.75 Å². The summed E-state index contributed by atoms with van der Waals surface area (Å²) in [6.07, 6.45) is 1.30. The van der Waals surface area contributed by atoms with Crippen molar-refractivity contribution in [3.05, 3.63) is 131 Å². The lowest BCUT2D eigenvalue weighted by Gasteiger charge is -2.10. The first-order chi connectivity index (χ1) is 20.3. The highest BCUT2D eigenvalue weighted by atomic mass is 79.9. The average molecular weight is 692 g/mol. The van der Waals surface area contributed by atoms with Gasteiger partial charge in [0.25, 0.3) is 5.56 Å². The summed E-state index contributed by atoms with van der Waals surface area (Å²) in [6.45, 7) is -0.213. The molecule has 0 radical (unpaired) electrons. The zero-order valence-corrected chi connectivity index (χ0v) is 24.5. The molecule has 9 nitrogen and oxygen atoms in total. The molecular weight excluding hydrogens is 675 g/mol. The zero-order valence-electron chi connectivity index (χ0n) is 21.3. The monoisotopic (exact) mass is 690 g/mol. The molecule has 0 bridgehead atoms. The summed E-state index contributed by atoms with van der Waals surface area (Å²) in [5.41, 5.74) is 0.780. The van der Waals surface area contributed by atoms with E-state index in [2.05, 4.69) is 41.9 Å². The third-order valence-electron chi connectivity index (χ3n) is 6.35. The molecule has 6 aromatic rings. The van der Waals surface area contributed by atoms with E-state index in [-0.39, 0.29) is 33.9 Å². The molecule has 42 heavy (non-hydrogen) atoms. The molecule has 208 valence electrons. The van der Waals surface area contributed by atoms with Gasteiger partial charge >= 0.3 is 5.69 Å². The van der Waals surface area contributed by atoms with Gasteiger partial charge in [0, 0.05) is 27.1 Å². The third-order valence-corrected chi connectivity index (χ3v) is 7.43. The number of nitrogens with zero attached hydrogens (tertiary/aromatic N) is 4. The van der Waals surface area contributed by atoms with Crippen LogP contribution in [-0.4, -0.2) is 20.8 Å². The third kappa shape index (κ3) is 5.33. The Labute approximate surface area is 253 Å². The van der Waals surface area contributed by atoms with E-state index in [0.29, 0.717) is 27.8 Å². The summed E-state index contributed by atoms with van der Waals surface area (Å²) >= 11 is 6.77. The first-order valence-electron chi connectivity index (χ1n) is 12.4. The fourth-order valence-corrected chi connectivity index (χ4v) is 5.32. The minimum atomic E-state index is -0.611. The fraction of sp³-hybridized carbons (Fsp3) is 0.0333. The van der Waals surface area contributed by atoms with Gasteiger partial charge in [-0.1, -0.05) is 46.3 Å². The molecule has 6 rings (SSSR count). The van der Waals surface area contributed by atoms with Gasteiger partial charge in [0.2, 0.25) is 11.6 Å². The Morgan fingerprint density at radius 3 is 2.64 bits per heavy atom. The summed E-state index contributed by atoms with van der Waals surface area (Å²) in [5.74, 6) is -0.0886. The molecule has 0 saturated heterocycles. The first kappa shape index (κ1) is 27.5. The summed E-state index contributed by atoms with van der Waals surface area (Å²) in [4.78, 5) is 29.5. The number of furan rings is 1. The van der Waals surface area contributed by atoms with Crippen LogP contribution in [0.1, 0.15) is 11.1 Å². The number of nitro benzene ring substituents is 1. The maximum Gasteiger partial charge on any atom is 0.312 e. The lowest BCUT2D eigenvalue weighted by atomic mass is 10.2. The molecule has 0 atom stereocenters. The van der Waals surface area contributed by atoms with Crippen LogP contribution in [0.3, 0.4) is 0 Å². The summed E-state index contributed by atoms with van der Waals surface area (Å²) in [7, 11) is 0. The van der Waals surface area contributed by atoms with Crippen LogP contribution in [0.25, 0.3) is 33.5 Å². The maximum atomic E-state index is 14.1. The van der Waals surface area contributed by atoms with Gasteiger partial charge in [-0.3, -0.25) is 14.9 Å². The smallest absolute Gasteiger partial charge is 0.312 e. The number of benzene rings is 4. The van der Waals surface area contributed by atoms with Crippen molar-refractivity contribution in [1.82, 2.24) is 9.66 Å². The Bertz CT molecular complexity index is 2110. The normalized spacial score (nSPS) is 11.5. The average Bonchev–Trinajstić information content (AvgIpc) is 3.39. The van der Waals surface area contributed by atoms with Crippen molar-refractivity contribution in [2.24, 2.45) is 5.10 Å². The molecule has 0 saturated carbocycles. The number of nitro groups is 1. The molecule has 12 heteroatoms. The molecular formula is C30H17Br2FN4O5. The van der Waals surface area contributed by atoms with E-state index >= 15 is 0 Å². The molecule has 0 aliphatic heterocycles. The number of fused-ring (bicyclic) bond motifs is 2. The molecule has 2 heterocycles. The van der Waals surface area contributed by atoms with Gasteiger partial charge in [-0.15, -0.1) is 0 Å². The molecule has 2 aromatic heterocycles. The number of para-hydroxylation sites is 1. The van der Waals surface area contributed by atoms with Crippen molar-refractivity contribution in [2.45, 2.75) is 6.61 Å². The lowest BCUT2D eigenvalue weighted by molar-refractivity contribution is -0.386. The van der Waals surface area contributed by atoms with Crippen molar-refractivity contribution >= 4 is 65.6 Å². The molecule has 0 unspecified atom stereocenters. The van der Waals surface area contributed by atoms with E-state index in [9.17, 15) is 19.3 Å². The second-order valence-corrected chi connectivity index (χ2v) is 10.9. The van der Waals surface area contributed by atoms with Gasteiger partial charge < -0.3 is 9.15 Å². The first-order valence-corrected chi connectivity index (χ1v) is 14.0. The SMILES string of the molecule is O=c1c2ccccc2nc(-c2cc3cc(Br)ccc3o2)n1N=Cc1cc(Br)c(OCc2ccccc2F)c([N+](=O)[O-])c1. The molecule has 4 aromatic carbocycles. The maximum absolute atomic E-state index is 14.1. The fourth-order valence-electron chi connectivity index (χ4n) is 4.36. The topological polar surface area (TPSA) is 113 Å². The van der Waals surface area contributed by atoms with Crippen LogP contribution < -0.4 is 10.3 Å². The van der Waals surface area contributed by atoms with Crippen LogP contribution in [-0.2, 0) is 6.61 Å². The van der Waals surface area contributed by atoms with Gasteiger partial charge in [-0.25, -0.2) is 9.37 Å². The minimum Gasteiger partial charge on any atom is -0.481 e.